The van der Waals surface area contributed by atoms with E-state index >= 15 is 0 Å². The van der Waals surface area contributed by atoms with Gasteiger partial charge in [-0.2, -0.15) is 0 Å². The van der Waals surface area contributed by atoms with Crippen molar-refractivity contribution in [1.29, 1.82) is 0 Å². The van der Waals surface area contributed by atoms with Crippen LogP contribution in [0.15, 0.2) is 0 Å². The van der Waals surface area contributed by atoms with Crippen LogP contribution in [0.2, 0.25) is 0 Å². The van der Waals surface area contributed by atoms with Gasteiger partial charge in [-0.3, -0.25) is 9.59 Å². The highest BCUT2D eigenvalue weighted by Crippen LogP contribution is 2.05. The number of aryl methyl sites for hydroxylation is 1. The van der Waals surface area contributed by atoms with E-state index < -0.39 is 5.97 Å². The first-order chi connectivity index (χ1) is 7.02. The van der Waals surface area contributed by atoms with E-state index in [0.29, 0.717) is 24.4 Å². The Kier molecular flexibility index (Phi) is 3.54. The molecular formula is C9H13N3O3. The first kappa shape index (κ1) is 11.4. The molecule has 1 aromatic heterocycles. The molecule has 0 atom stereocenters. The molecule has 0 aliphatic rings. The minimum atomic E-state index is -0.834. The average Bonchev–Trinajstić information content (AvgIpc) is 2.47. The Hall–Kier alpha value is -1.72. The molecule has 6 heteroatoms. The van der Waals surface area contributed by atoms with Gasteiger partial charge in [0, 0.05) is 19.9 Å². The van der Waals surface area contributed by atoms with Crippen LogP contribution in [0.25, 0.3) is 0 Å². The highest BCUT2D eigenvalue weighted by atomic mass is 16.4. The van der Waals surface area contributed by atoms with Gasteiger partial charge >= 0.3 is 5.97 Å². The van der Waals surface area contributed by atoms with E-state index in [-0.39, 0.29) is 12.2 Å². The predicted molar refractivity (Wildman–Crippen MR) is 51.6 cm³/mol. The summed E-state index contributed by atoms with van der Waals surface area (Å²) in [5.41, 5.74) is 1.04. The number of carboxylic acid groups (broad SMARTS) is 1. The van der Waals surface area contributed by atoms with E-state index in [1.165, 1.54) is 6.92 Å². The van der Waals surface area contributed by atoms with E-state index in [0.717, 1.165) is 0 Å². The molecule has 1 N–H and O–H groups in total. The van der Waals surface area contributed by atoms with Gasteiger partial charge < -0.3 is 5.11 Å². The van der Waals surface area contributed by atoms with Gasteiger partial charge in [0.25, 0.3) is 0 Å². The Morgan fingerprint density at radius 3 is 2.60 bits per heavy atom. The van der Waals surface area contributed by atoms with E-state index in [9.17, 15) is 9.59 Å². The minimum absolute atomic E-state index is 0.0920. The Balaban J connectivity index is 2.63. The summed E-state index contributed by atoms with van der Waals surface area (Å²) in [5.74, 6) is -0.962. The molecule has 0 spiro atoms. The van der Waals surface area contributed by atoms with E-state index in [1.54, 1.807) is 11.6 Å². The highest BCUT2D eigenvalue weighted by Gasteiger charge is 2.12. The number of aliphatic carboxylic acids is 1. The molecule has 6 nitrogen and oxygen atoms in total. The van der Waals surface area contributed by atoms with Gasteiger partial charge in [0.1, 0.15) is 0 Å². The summed E-state index contributed by atoms with van der Waals surface area (Å²) in [7, 11) is 0. The van der Waals surface area contributed by atoms with Gasteiger partial charge in [-0.05, 0) is 13.3 Å². The summed E-state index contributed by atoms with van der Waals surface area (Å²) >= 11 is 0. The highest BCUT2D eigenvalue weighted by molar-refractivity contribution is 5.92. The molecule has 1 rings (SSSR count). The average molecular weight is 211 g/mol. The second kappa shape index (κ2) is 4.68. The minimum Gasteiger partial charge on any atom is -0.481 e. The summed E-state index contributed by atoms with van der Waals surface area (Å²) in [6.45, 7) is 3.65. The summed E-state index contributed by atoms with van der Waals surface area (Å²) in [6, 6.07) is 0. The second-order valence-electron chi connectivity index (χ2n) is 3.30. The number of carbonyl (C=O) groups is 2. The van der Waals surface area contributed by atoms with Crippen molar-refractivity contribution in [2.45, 2.75) is 33.2 Å². The number of hydrogen-bond donors (Lipinski definition) is 1. The van der Waals surface area contributed by atoms with Crippen LogP contribution in [0.1, 0.15) is 35.9 Å². The summed E-state index contributed by atoms with van der Waals surface area (Å²) in [6.07, 6.45) is 0.575. The van der Waals surface area contributed by atoms with Crippen LogP contribution in [0, 0.1) is 6.92 Å². The van der Waals surface area contributed by atoms with Crippen molar-refractivity contribution in [3.05, 3.63) is 11.4 Å². The van der Waals surface area contributed by atoms with Crippen LogP contribution < -0.4 is 0 Å². The van der Waals surface area contributed by atoms with E-state index in [2.05, 4.69) is 10.3 Å². The SMILES string of the molecule is CC(=O)c1nnn(CCCC(=O)O)c1C. The Bertz CT molecular complexity index is 384. The predicted octanol–water partition coefficient (Wildman–Crippen LogP) is 0.654. The Labute approximate surface area is 86.9 Å². The molecule has 0 aliphatic heterocycles. The van der Waals surface area contributed by atoms with Gasteiger partial charge in [-0.15, -0.1) is 5.10 Å². The van der Waals surface area contributed by atoms with Gasteiger partial charge in [0.2, 0.25) is 0 Å². The fourth-order valence-corrected chi connectivity index (χ4v) is 1.28. The molecular weight excluding hydrogens is 198 g/mol. The van der Waals surface area contributed by atoms with Gasteiger partial charge in [0.15, 0.2) is 11.5 Å². The lowest BCUT2D eigenvalue weighted by Gasteiger charge is -2.00. The molecule has 1 aromatic rings. The first-order valence-electron chi connectivity index (χ1n) is 4.65. The lowest BCUT2D eigenvalue weighted by molar-refractivity contribution is -0.137. The monoisotopic (exact) mass is 211 g/mol. The fraction of sp³-hybridized carbons (Fsp3) is 0.556. The number of nitrogens with zero attached hydrogens (tertiary/aromatic N) is 3. The number of hydrogen-bond acceptors (Lipinski definition) is 4. The van der Waals surface area contributed by atoms with Crippen LogP contribution in [-0.4, -0.2) is 31.9 Å². The zero-order valence-electron chi connectivity index (χ0n) is 8.73. The van der Waals surface area contributed by atoms with Crippen molar-refractivity contribution in [3.63, 3.8) is 0 Å². The fourth-order valence-electron chi connectivity index (χ4n) is 1.28. The van der Waals surface area contributed by atoms with Crippen LogP contribution in [0.3, 0.4) is 0 Å². The lowest BCUT2D eigenvalue weighted by Crippen LogP contribution is -2.06. The number of carboxylic acids is 1. The molecule has 15 heavy (non-hydrogen) atoms. The molecule has 0 aromatic carbocycles. The molecule has 0 amide bonds. The quantitative estimate of drug-likeness (QED) is 0.723. The maximum absolute atomic E-state index is 11.1. The molecule has 0 radical (unpaired) electrons. The van der Waals surface area contributed by atoms with Crippen molar-refractivity contribution in [1.82, 2.24) is 15.0 Å². The van der Waals surface area contributed by atoms with Gasteiger partial charge in [-0.25, -0.2) is 4.68 Å². The maximum atomic E-state index is 11.1. The number of rotatable bonds is 5. The van der Waals surface area contributed by atoms with Crippen molar-refractivity contribution in [2.75, 3.05) is 0 Å². The first-order valence-corrected chi connectivity index (χ1v) is 4.65. The standard InChI is InChI=1S/C9H13N3O3/c1-6-9(7(2)13)10-11-12(6)5-3-4-8(14)15/h3-5H2,1-2H3,(H,14,15). The largest absolute Gasteiger partial charge is 0.481 e. The number of Topliss-reactive ketones (excluding diaryl/α,β-unsaturated/α-hetero) is 1. The van der Waals surface area contributed by atoms with Crippen LogP contribution in [0.4, 0.5) is 0 Å². The molecule has 0 fully saturated rings. The van der Waals surface area contributed by atoms with Crippen molar-refractivity contribution in [3.8, 4) is 0 Å². The smallest absolute Gasteiger partial charge is 0.303 e. The Morgan fingerprint density at radius 1 is 1.47 bits per heavy atom. The van der Waals surface area contributed by atoms with Crippen molar-refractivity contribution < 1.29 is 14.7 Å². The van der Waals surface area contributed by atoms with Crippen molar-refractivity contribution in [2.24, 2.45) is 0 Å². The third-order valence-electron chi connectivity index (χ3n) is 2.08. The van der Waals surface area contributed by atoms with E-state index in [4.69, 9.17) is 5.11 Å². The third-order valence-corrected chi connectivity index (χ3v) is 2.08. The second-order valence-corrected chi connectivity index (χ2v) is 3.30. The van der Waals surface area contributed by atoms with Crippen molar-refractivity contribution >= 4 is 11.8 Å². The third kappa shape index (κ3) is 2.87. The van der Waals surface area contributed by atoms with Crippen LogP contribution in [0.5, 0.6) is 0 Å². The van der Waals surface area contributed by atoms with Crippen LogP contribution >= 0.6 is 0 Å². The maximum Gasteiger partial charge on any atom is 0.303 e. The number of aromatic nitrogens is 3. The number of ketones is 1. The van der Waals surface area contributed by atoms with Gasteiger partial charge in [-0.1, -0.05) is 5.21 Å². The molecule has 82 valence electrons. The van der Waals surface area contributed by atoms with E-state index in [1.807, 2.05) is 0 Å². The lowest BCUT2D eigenvalue weighted by atomic mass is 10.2. The Morgan fingerprint density at radius 2 is 2.13 bits per heavy atom. The summed E-state index contributed by atoms with van der Waals surface area (Å²) in [4.78, 5) is 21.3. The molecule has 1 heterocycles. The molecule has 0 unspecified atom stereocenters. The zero-order valence-corrected chi connectivity index (χ0v) is 8.73. The van der Waals surface area contributed by atoms with Crippen LogP contribution in [-0.2, 0) is 11.3 Å². The normalized spacial score (nSPS) is 10.3. The number of carbonyl (C=O) groups excluding carboxylic acids is 1. The summed E-state index contributed by atoms with van der Waals surface area (Å²) < 4.78 is 1.56. The molecule has 0 saturated carbocycles. The molecule has 0 bridgehead atoms. The van der Waals surface area contributed by atoms with Gasteiger partial charge in [0.05, 0.1) is 5.69 Å². The zero-order chi connectivity index (χ0) is 11.4. The topological polar surface area (TPSA) is 85.1 Å². The molecule has 0 aliphatic carbocycles. The summed E-state index contributed by atoms with van der Waals surface area (Å²) in [5, 5.41) is 16.0. The molecule has 0 saturated heterocycles.